The first-order chi connectivity index (χ1) is 22.8. The van der Waals surface area contributed by atoms with E-state index in [1.807, 2.05) is 6.92 Å². The third-order valence-corrected chi connectivity index (χ3v) is 8.80. The molecule has 1 aliphatic heterocycles. The van der Waals surface area contributed by atoms with Crippen LogP contribution in [0.15, 0.2) is 12.2 Å². The quantitative estimate of drug-likeness (QED) is 0.0545. The van der Waals surface area contributed by atoms with Gasteiger partial charge in [0.15, 0.2) is 6.29 Å². The van der Waals surface area contributed by atoms with Gasteiger partial charge in [-0.15, -0.1) is 0 Å². The van der Waals surface area contributed by atoms with Crippen LogP contribution in [0.4, 0.5) is 0 Å². The summed E-state index contributed by atoms with van der Waals surface area (Å²) in [5.74, 6) is -2.57. The Morgan fingerprint density at radius 1 is 0.750 bits per heavy atom. The van der Waals surface area contributed by atoms with Crippen molar-refractivity contribution in [3.8, 4) is 0 Å². The minimum atomic E-state index is -1.72. The number of hydrogen-bond acceptors (Lipinski definition) is 13. The fourth-order valence-electron chi connectivity index (χ4n) is 6.02. The van der Waals surface area contributed by atoms with Crippen molar-refractivity contribution < 1.29 is 68.7 Å². The van der Waals surface area contributed by atoms with Crippen LogP contribution >= 0.6 is 0 Å². The Morgan fingerprint density at radius 2 is 1.33 bits per heavy atom. The standard InChI is InChI=1S/C34H58O14/c1-21(16-14-12-10-8-6-4-5-7-9-11-13-15-17-27(37)38)46-25-18-24(19-44-22(2)35)28(39)31(42)33(25)48-34-32(43)30(41)29(40)26(47-34)20-45-23(3)36/h4,6,21,24-26,28-34,39-43H,5,7-20H2,1-3H3,(H,37,38)/b6-4-/t21?,24-,25?,26-,28-,29-,30+,31+,32-,33?,34?/m1/s1. The number of hydrogen-bond donors (Lipinski definition) is 6. The number of rotatable bonds is 22. The maximum Gasteiger partial charge on any atom is 0.303 e. The molecule has 48 heavy (non-hydrogen) atoms. The molecule has 2 rings (SSSR count). The Morgan fingerprint density at radius 3 is 1.96 bits per heavy atom. The van der Waals surface area contributed by atoms with Crippen LogP contribution in [0.5, 0.6) is 0 Å². The molecule has 0 spiro atoms. The molecule has 11 atom stereocenters. The van der Waals surface area contributed by atoms with Gasteiger partial charge in [-0.25, -0.2) is 0 Å². The van der Waals surface area contributed by atoms with Crippen LogP contribution in [0.2, 0.25) is 0 Å². The number of esters is 2. The largest absolute Gasteiger partial charge is 0.481 e. The number of allylic oxidation sites excluding steroid dienone is 2. The highest BCUT2D eigenvalue weighted by Gasteiger charge is 2.51. The van der Waals surface area contributed by atoms with Crippen molar-refractivity contribution in [2.45, 2.75) is 165 Å². The molecule has 0 bridgehead atoms. The van der Waals surface area contributed by atoms with Gasteiger partial charge in [-0.2, -0.15) is 0 Å². The van der Waals surface area contributed by atoms with Gasteiger partial charge in [0.25, 0.3) is 0 Å². The zero-order valence-corrected chi connectivity index (χ0v) is 28.6. The lowest BCUT2D eigenvalue weighted by Gasteiger charge is -2.46. The zero-order valence-electron chi connectivity index (χ0n) is 28.6. The monoisotopic (exact) mass is 690 g/mol. The van der Waals surface area contributed by atoms with E-state index >= 15 is 0 Å². The molecule has 0 aromatic rings. The maximum absolute atomic E-state index is 11.4. The summed E-state index contributed by atoms with van der Waals surface area (Å²) < 4.78 is 27.9. The molecule has 0 aromatic heterocycles. The second kappa shape index (κ2) is 22.5. The average molecular weight is 691 g/mol. The number of carboxylic acids is 1. The number of ether oxygens (including phenoxy) is 5. The van der Waals surface area contributed by atoms with Gasteiger partial charge in [-0.1, -0.05) is 44.3 Å². The maximum atomic E-state index is 11.4. The Hall–Kier alpha value is -2.17. The number of unbranched alkanes of at least 4 members (excludes halogenated alkanes) is 8. The van der Waals surface area contributed by atoms with Crippen molar-refractivity contribution in [3.63, 3.8) is 0 Å². The molecule has 14 nitrogen and oxygen atoms in total. The molecule has 0 aromatic carbocycles. The van der Waals surface area contributed by atoms with Gasteiger partial charge >= 0.3 is 17.9 Å². The lowest BCUT2D eigenvalue weighted by Crippen LogP contribution is -2.63. The molecule has 1 saturated carbocycles. The summed E-state index contributed by atoms with van der Waals surface area (Å²) in [7, 11) is 0. The van der Waals surface area contributed by atoms with E-state index in [1.54, 1.807) is 0 Å². The molecule has 0 amide bonds. The molecular weight excluding hydrogens is 632 g/mol. The third kappa shape index (κ3) is 15.2. The molecule has 2 aliphatic rings. The number of aliphatic hydroxyl groups excluding tert-OH is 5. The first kappa shape index (κ1) is 42.0. The first-order valence-electron chi connectivity index (χ1n) is 17.3. The number of aliphatic carboxylic acids is 1. The Balaban J connectivity index is 1.88. The second-order valence-electron chi connectivity index (χ2n) is 13.0. The summed E-state index contributed by atoms with van der Waals surface area (Å²) in [5.41, 5.74) is 0. The summed E-state index contributed by atoms with van der Waals surface area (Å²) in [4.78, 5) is 33.3. The van der Waals surface area contributed by atoms with E-state index in [1.165, 1.54) is 13.8 Å². The summed E-state index contributed by atoms with van der Waals surface area (Å²) in [6.07, 6.45) is 2.32. The molecule has 278 valence electrons. The predicted octanol–water partition coefficient (Wildman–Crippen LogP) is 2.14. The van der Waals surface area contributed by atoms with E-state index in [9.17, 15) is 39.9 Å². The van der Waals surface area contributed by atoms with Crippen LogP contribution in [0, 0.1) is 5.92 Å². The minimum Gasteiger partial charge on any atom is -0.481 e. The highest BCUT2D eigenvalue weighted by atomic mass is 16.7. The topological polar surface area (TPSA) is 219 Å². The Bertz CT molecular complexity index is 975. The molecule has 1 heterocycles. The molecule has 14 heteroatoms. The normalized spacial score (nSPS) is 31.4. The number of carboxylic acid groups (broad SMARTS) is 1. The van der Waals surface area contributed by atoms with Crippen molar-refractivity contribution in [3.05, 3.63) is 12.2 Å². The molecule has 6 N–H and O–H groups in total. The lowest BCUT2D eigenvalue weighted by atomic mass is 9.80. The van der Waals surface area contributed by atoms with Gasteiger partial charge < -0.3 is 54.3 Å². The van der Waals surface area contributed by atoms with Crippen LogP contribution in [0.25, 0.3) is 0 Å². The van der Waals surface area contributed by atoms with Crippen molar-refractivity contribution >= 4 is 17.9 Å². The van der Waals surface area contributed by atoms with Crippen molar-refractivity contribution in [2.75, 3.05) is 13.2 Å². The first-order valence-corrected chi connectivity index (χ1v) is 17.3. The van der Waals surface area contributed by atoms with E-state index in [4.69, 9.17) is 28.8 Å². The van der Waals surface area contributed by atoms with E-state index in [-0.39, 0.29) is 25.6 Å². The highest BCUT2D eigenvalue weighted by molar-refractivity contribution is 5.66. The Labute approximate surface area is 283 Å². The fourth-order valence-corrected chi connectivity index (χ4v) is 6.02. The summed E-state index contributed by atoms with van der Waals surface area (Å²) in [5, 5.41) is 62.0. The van der Waals surface area contributed by atoms with Gasteiger partial charge in [0.1, 0.15) is 43.2 Å². The fraction of sp³-hybridized carbons (Fsp3) is 0.853. The molecule has 1 saturated heterocycles. The average Bonchev–Trinajstić information content (AvgIpc) is 3.03. The number of carbonyl (C=O) groups is 3. The van der Waals surface area contributed by atoms with Gasteiger partial charge in [-0.3, -0.25) is 14.4 Å². The van der Waals surface area contributed by atoms with E-state index in [0.717, 1.165) is 64.2 Å². The SMILES string of the molecule is CC(=O)OC[C@H]1CC(OC(C)CCCCC/C=C\CCCCCCCC(=O)O)C(OC2O[C@H](COC(C)=O)[C@@H](O)[C@H](O)[C@H]2O)[C@@H](O)[C@@H]1O. The Kier molecular flexibility index (Phi) is 19.7. The molecule has 4 unspecified atom stereocenters. The molecular formula is C34H58O14. The van der Waals surface area contributed by atoms with Crippen LogP contribution in [-0.2, 0) is 38.1 Å². The lowest BCUT2D eigenvalue weighted by molar-refractivity contribution is -0.335. The van der Waals surface area contributed by atoms with Crippen molar-refractivity contribution in [2.24, 2.45) is 5.92 Å². The van der Waals surface area contributed by atoms with Crippen LogP contribution in [0.1, 0.15) is 104 Å². The van der Waals surface area contributed by atoms with Crippen LogP contribution in [0.3, 0.4) is 0 Å². The van der Waals surface area contributed by atoms with Crippen molar-refractivity contribution in [1.82, 2.24) is 0 Å². The van der Waals surface area contributed by atoms with Crippen LogP contribution < -0.4 is 0 Å². The second-order valence-corrected chi connectivity index (χ2v) is 13.0. The van der Waals surface area contributed by atoms with Crippen molar-refractivity contribution in [1.29, 1.82) is 0 Å². The van der Waals surface area contributed by atoms with Gasteiger partial charge in [-0.05, 0) is 51.9 Å². The van der Waals surface area contributed by atoms with Gasteiger partial charge in [0.05, 0.1) is 24.9 Å². The van der Waals surface area contributed by atoms with Gasteiger partial charge in [0.2, 0.25) is 0 Å². The van der Waals surface area contributed by atoms with Crippen LogP contribution in [-0.4, -0.2) is 123 Å². The number of carbonyl (C=O) groups excluding carboxylic acids is 2. The summed E-state index contributed by atoms with van der Waals surface area (Å²) >= 11 is 0. The zero-order chi connectivity index (χ0) is 35.6. The predicted molar refractivity (Wildman–Crippen MR) is 171 cm³/mol. The summed E-state index contributed by atoms with van der Waals surface area (Å²) in [6.45, 7) is 3.74. The van der Waals surface area contributed by atoms with Gasteiger partial charge in [0, 0.05) is 26.2 Å². The summed E-state index contributed by atoms with van der Waals surface area (Å²) in [6, 6.07) is 0. The van der Waals surface area contributed by atoms with E-state index < -0.39 is 85.6 Å². The minimum absolute atomic E-state index is 0.146. The van der Waals surface area contributed by atoms with E-state index in [0.29, 0.717) is 6.42 Å². The van der Waals surface area contributed by atoms with E-state index in [2.05, 4.69) is 12.2 Å². The molecule has 0 radical (unpaired) electrons. The molecule has 1 aliphatic carbocycles. The third-order valence-electron chi connectivity index (χ3n) is 8.80. The molecule has 2 fully saturated rings. The highest BCUT2D eigenvalue weighted by Crippen LogP contribution is 2.34. The number of aliphatic hydroxyl groups is 5. The smallest absolute Gasteiger partial charge is 0.303 e.